The first-order chi connectivity index (χ1) is 11.7. The molecule has 0 fully saturated rings. The average Bonchev–Trinajstić information content (AvgIpc) is 3.23. The van der Waals surface area contributed by atoms with Crippen LogP contribution in [0, 0.1) is 0 Å². The molecule has 0 bridgehead atoms. The van der Waals surface area contributed by atoms with Crippen LogP contribution in [0.3, 0.4) is 0 Å². The van der Waals surface area contributed by atoms with Gasteiger partial charge in [0, 0.05) is 43.4 Å². The lowest BCUT2D eigenvalue weighted by atomic mass is 10.2. The average molecular weight is 341 g/mol. The molecule has 2 N–H and O–H groups in total. The lowest BCUT2D eigenvalue weighted by molar-refractivity contribution is 0.240. The van der Waals surface area contributed by atoms with Crippen LogP contribution in [0.25, 0.3) is 10.6 Å². The molecule has 6 nitrogen and oxygen atoms in total. The second-order valence-electron chi connectivity index (χ2n) is 5.32. The zero-order chi connectivity index (χ0) is 16.8. The van der Waals surface area contributed by atoms with Gasteiger partial charge >= 0.3 is 6.03 Å². The standard InChI is InChI=1S/C17H19N5OS/c1-22-10-9-18-15(22)11-20-17(23)19-8-7-14-12-24-16(21-14)13-5-3-2-4-6-13/h2-6,9-10,12H,7-8,11H2,1H3,(H2,19,20,23). The Bertz CT molecular complexity index is 796. The van der Waals surface area contributed by atoms with E-state index in [9.17, 15) is 4.79 Å². The molecule has 0 saturated carbocycles. The number of carbonyl (C=O) groups excluding carboxylic acids is 1. The second kappa shape index (κ2) is 7.74. The molecule has 0 aliphatic carbocycles. The van der Waals surface area contributed by atoms with Crippen molar-refractivity contribution in [3.63, 3.8) is 0 Å². The van der Waals surface area contributed by atoms with Crippen molar-refractivity contribution in [2.45, 2.75) is 13.0 Å². The Morgan fingerprint density at radius 2 is 2.08 bits per heavy atom. The molecule has 0 aliphatic rings. The molecule has 0 atom stereocenters. The highest BCUT2D eigenvalue weighted by atomic mass is 32.1. The van der Waals surface area contributed by atoms with Gasteiger partial charge in [0.05, 0.1) is 12.2 Å². The number of hydrogen-bond donors (Lipinski definition) is 2. The fourth-order valence-corrected chi connectivity index (χ4v) is 3.09. The maximum atomic E-state index is 11.8. The summed E-state index contributed by atoms with van der Waals surface area (Å²) in [6.45, 7) is 0.953. The van der Waals surface area contributed by atoms with E-state index in [1.807, 2.05) is 53.5 Å². The summed E-state index contributed by atoms with van der Waals surface area (Å²) in [5.41, 5.74) is 2.11. The highest BCUT2D eigenvalue weighted by Gasteiger charge is 2.06. The Kier molecular flexibility index (Phi) is 5.22. The summed E-state index contributed by atoms with van der Waals surface area (Å²) in [6, 6.07) is 9.90. The molecular formula is C17H19N5OS. The van der Waals surface area contributed by atoms with Crippen molar-refractivity contribution >= 4 is 17.4 Å². The number of benzene rings is 1. The molecule has 0 saturated heterocycles. The van der Waals surface area contributed by atoms with Crippen LogP contribution in [0.15, 0.2) is 48.1 Å². The van der Waals surface area contributed by atoms with Gasteiger partial charge in [0.15, 0.2) is 0 Å². The molecule has 2 heterocycles. The number of aromatic nitrogens is 3. The van der Waals surface area contributed by atoms with Crippen molar-refractivity contribution in [2.24, 2.45) is 7.05 Å². The minimum absolute atomic E-state index is 0.198. The van der Waals surface area contributed by atoms with Gasteiger partial charge in [0.25, 0.3) is 0 Å². The number of hydrogen-bond acceptors (Lipinski definition) is 4. The fourth-order valence-electron chi connectivity index (χ4n) is 2.23. The predicted molar refractivity (Wildman–Crippen MR) is 94.7 cm³/mol. The van der Waals surface area contributed by atoms with Crippen molar-refractivity contribution < 1.29 is 4.79 Å². The summed E-state index contributed by atoms with van der Waals surface area (Å²) in [7, 11) is 1.90. The monoisotopic (exact) mass is 341 g/mol. The number of imidazole rings is 1. The minimum atomic E-state index is -0.198. The van der Waals surface area contributed by atoms with Gasteiger partial charge in [-0.3, -0.25) is 0 Å². The van der Waals surface area contributed by atoms with E-state index in [0.717, 1.165) is 22.1 Å². The van der Waals surface area contributed by atoms with Crippen LogP contribution in [0.5, 0.6) is 0 Å². The fraction of sp³-hybridized carbons (Fsp3) is 0.235. The third kappa shape index (κ3) is 4.20. The number of rotatable bonds is 6. The van der Waals surface area contributed by atoms with Crippen LogP contribution in [0.4, 0.5) is 4.79 Å². The van der Waals surface area contributed by atoms with Crippen molar-refractivity contribution in [1.82, 2.24) is 25.2 Å². The Morgan fingerprint density at radius 1 is 1.25 bits per heavy atom. The van der Waals surface area contributed by atoms with Crippen LogP contribution >= 0.6 is 11.3 Å². The molecular weight excluding hydrogens is 322 g/mol. The zero-order valence-corrected chi connectivity index (χ0v) is 14.2. The summed E-state index contributed by atoms with van der Waals surface area (Å²) in [4.78, 5) is 20.6. The number of nitrogens with one attached hydrogen (secondary N) is 2. The largest absolute Gasteiger partial charge is 0.338 e. The molecule has 3 aromatic rings. The molecule has 0 unspecified atom stereocenters. The van der Waals surface area contributed by atoms with Gasteiger partial charge in [-0.05, 0) is 0 Å². The van der Waals surface area contributed by atoms with Gasteiger partial charge in [-0.2, -0.15) is 0 Å². The third-order valence-electron chi connectivity index (χ3n) is 3.57. The van der Waals surface area contributed by atoms with Gasteiger partial charge in [-0.25, -0.2) is 14.8 Å². The molecule has 2 amide bonds. The van der Waals surface area contributed by atoms with Gasteiger partial charge in [0.2, 0.25) is 0 Å². The maximum Gasteiger partial charge on any atom is 0.315 e. The van der Waals surface area contributed by atoms with Crippen LogP contribution < -0.4 is 10.6 Å². The van der Waals surface area contributed by atoms with Crippen molar-refractivity contribution in [3.8, 4) is 10.6 Å². The normalized spacial score (nSPS) is 10.5. The van der Waals surface area contributed by atoms with Crippen molar-refractivity contribution in [3.05, 3.63) is 59.6 Å². The van der Waals surface area contributed by atoms with E-state index in [4.69, 9.17) is 0 Å². The molecule has 0 radical (unpaired) electrons. The van der Waals surface area contributed by atoms with Gasteiger partial charge < -0.3 is 15.2 Å². The Morgan fingerprint density at radius 3 is 2.83 bits per heavy atom. The molecule has 3 rings (SSSR count). The second-order valence-corrected chi connectivity index (χ2v) is 6.18. The molecule has 1 aromatic carbocycles. The topological polar surface area (TPSA) is 71.8 Å². The molecule has 0 spiro atoms. The zero-order valence-electron chi connectivity index (χ0n) is 13.4. The van der Waals surface area contributed by atoms with Gasteiger partial charge in [0.1, 0.15) is 10.8 Å². The lowest BCUT2D eigenvalue weighted by Gasteiger charge is -2.06. The first-order valence-electron chi connectivity index (χ1n) is 7.70. The maximum absolute atomic E-state index is 11.8. The van der Waals surface area contributed by atoms with Gasteiger partial charge in [-0.1, -0.05) is 30.3 Å². The summed E-state index contributed by atoms with van der Waals surface area (Å²) in [6.07, 6.45) is 4.27. The quantitative estimate of drug-likeness (QED) is 0.724. The smallest absolute Gasteiger partial charge is 0.315 e. The number of amides is 2. The van der Waals surface area contributed by atoms with E-state index in [2.05, 4.69) is 20.6 Å². The van der Waals surface area contributed by atoms with Crippen LogP contribution in [0.2, 0.25) is 0 Å². The SMILES string of the molecule is Cn1ccnc1CNC(=O)NCCc1csc(-c2ccccc2)n1. The number of thiazole rings is 1. The number of aryl methyl sites for hydroxylation is 1. The first-order valence-corrected chi connectivity index (χ1v) is 8.58. The van der Waals surface area contributed by atoms with E-state index in [0.29, 0.717) is 19.5 Å². The van der Waals surface area contributed by atoms with Crippen molar-refractivity contribution in [2.75, 3.05) is 6.54 Å². The summed E-state index contributed by atoms with van der Waals surface area (Å²) < 4.78 is 1.88. The lowest BCUT2D eigenvalue weighted by Crippen LogP contribution is -2.36. The summed E-state index contributed by atoms with van der Waals surface area (Å²) in [5, 5.41) is 8.67. The highest BCUT2D eigenvalue weighted by Crippen LogP contribution is 2.23. The molecule has 24 heavy (non-hydrogen) atoms. The van der Waals surface area contributed by atoms with Gasteiger partial charge in [-0.15, -0.1) is 11.3 Å². The minimum Gasteiger partial charge on any atom is -0.338 e. The summed E-state index contributed by atoms with van der Waals surface area (Å²) in [5.74, 6) is 0.817. The Hall–Kier alpha value is -2.67. The van der Waals surface area contributed by atoms with Crippen LogP contribution in [0.1, 0.15) is 11.5 Å². The van der Waals surface area contributed by atoms with Crippen LogP contribution in [-0.2, 0) is 20.0 Å². The van der Waals surface area contributed by atoms with E-state index in [1.54, 1.807) is 17.5 Å². The summed E-state index contributed by atoms with van der Waals surface area (Å²) >= 11 is 1.62. The van der Waals surface area contributed by atoms with E-state index >= 15 is 0 Å². The van der Waals surface area contributed by atoms with Crippen LogP contribution in [-0.4, -0.2) is 27.1 Å². The Labute approximate surface area is 144 Å². The number of urea groups is 1. The number of carbonyl (C=O) groups is 1. The highest BCUT2D eigenvalue weighted by molar-refractivity contribution is 7.13. The third-order valence-corrected chi connectivity index (χ3v) is 4.51. The Balaban J connectivity index is 1.42. The van der Waals surface area contributed by atoms with E-state index in [1.165, 1.54) is 0 Å². The molecule has 0 aliphatic heterocycles. The number of nitrogens with zero attached hydrogens (tertiary/aromatic N) is 3. The first kappa shape index (κ1) is 16.2. The van der Waals surface area contributed by atoms with Crippen molar-refractivity contribution in [1.29, 1.82) is 0 Å². The van der Waals surface area contributed by atoms with E-state index < -0.39 is 0 Å². The molecule has 124 valence electrons. The molecule has 2 aromatic heterocycles. The van der Waals surface area contributed by atoms with E-state index in [-0.39, 0.29) is 6.03 Å². The molecule has 7 heteroatoms. The predicted octanol–water partition coefficient (Wildman–Crippen LogP) is 2.59.